The summed E-state index contributed by atoms with van der Waals surface area (Å²) in [6.45, 7) is 5.32. The molecule has 1 atom stereocenters. The first kappa shape index (κ1) is 18.5. The van der Waals surface area contributed by atoms with Gasteiger partial charge in [0.25, 0.3) is 5.56 Å². The van der Waals surface area contributed by atoms with E-state index in [9.17, 15) is 9.59 Å². The van der Waals surface area contributed by atoms with Crippen molar-refractivity contribution in [1.82, 2.24) is 19.7 Å². The Labute approximate surface area is 162 Å². The van der Waals surface area contributed by atoms with Crippen molar-refractivity contribution in [1.29, 1.82) is 0 Å². The van der Waals surface area contributed by atoms with Crippen LogP contribution >= 0.6 is 0 Å². The van der Waals surface area contributed by atoms with Crippen molar-refractivity contribution in [2.45, 2.75) is 32.8 Å². The number of carbonyl (C=O) groups is 1. The Morgan fingerprint density at radius 1 is 1.39 bits per heavy atom. The third kappa shape index (κ3) is 3.24. The molecule has 0 unspecified atom stereocenters. The van der Waals surface area contributed by atoms with Crippen LogP contribution in [0.3, 0.4) is 0 Å². The van der Waals surface area contributed by atoms with E-state index >= 15 is 0 Å². The van der Waals surface area contributed by atoms with Crippen LogP contribution in [-0.2, 0) is 23.0 Å². The number of amides is 1. The van der Waals surface area contributed by atoms with Crippen LogP contribution in [0.25, 0.3) is 11.0 Å². The van der Waals surface area contributed by atoms with E-state index in [2.05, 4.69) is 10.1 Å². The molecule has 1 saturated heterocycles. The van der Waals surface area contributed by atoms with Gasteiger partial charge in [0.2, 0.25) is 5.91 Å². The lowest BCUT2D eigenvalue weighted by Crippen LogP contribution is -2.42. The summed E-state index contributed by atoms with van der Waals surface area (Å²) in [4.78, 5) is 30.0. The van der Waals surface area contributed by atoms with Gasteiger partial charge in [-0.3, -0.25) is 14.3 Å². The second-order valence-corrected chi connectivity index (χ2v) is 7.20. The SMILES string of the molecule is Cc1nn(C)c2[nH]c(=O)c(CCC(=O)N3CCO[C@H](c4ccco4)C3)c(C)c12. The molecule has 8 nitrogen and oxygen atoms in total. The molecule has 1 aliphatic heterocycles. The minimum absolute atomic E-state index is 0.0154. The molecular formula is C20H24N4O4. The van der Waals surface area contributed by atoms with Gasteiger partial charge in [-0.2, -0.15) is 5.10 Å². The molecule has 1 amide bonds. The van der Waals surface area contributed by atoms with Gasteiger partial charge in [0, 0.05) is 31.0 Å². The lowest BCUT2D eigenvalue weighted by atomic mass is 10.0. The number of rotatable bonds is 4. The van der Waals surface area contributed by atoms with E-state index in [0.29, 0.717) is 37.3 Å². The van der Waals surface area contributed by atoms with Crippen molar-refractivity contribution >= 4 is 16.9 Å². The number of fused-ring (bicyclic) bond motifs is 1. The predicted molar refractivity (Wildman–Crippen MR) is 103 cm³/mol. The maximum Gasteiger partial charge on any atom is 0.253 e. The predicted octanol–water partition coefficient (Wildman–Crippen LogP) is 2.00. The van der Waals surface area contributed by atoms with Gasteiger partial charge in [-0.25, -0.2) is 0 Å². The molecule has 0 aromatic carbocycles. The molecule has 0 spiro atoms. The number of morpholine rings is 1. The Morgan fingerprint density at radius 2 is 2.21 bits per heavy atom. The fourth-order valence-electron chi connectivity index (χ4n) is 3.97. The molecule has 1 aliphatic rings. The highest BCUT2D eigenvalue weighted by Gasteiger charge is 2.27. The number of aromatic nitrogens is 3. The maximum atomic E-state index is 12.8. The van der Waals surface area contributed by atoms with Crippen LogP contribution in [0.15, 0.2) is 27.6 Å². The molecule has 28 heavy (non-hydrogen) atoms. The summed E-state index contributed by atoms with van der Waals surface area (Å²) >= 11 is 0. The Balaban J connectivity index is 1.49. The van der Waals surface area contributed by atoms with Crippen LogP contribution in [0.4, 0.5) is 0 Å². The first-order chi connectivity index (χ1) is 13.5. The number of pyridine rings is 1. The summed E-state index contributed by atoms with van der Waals surface area (Å²) in [5, 5.41) is 5.34. The number of hydrogen-bond acceptors (Lipinski definition) is 5. The second-order valence-electron chi connectivity index (χ2n) is 7.20. The summed E-state index contributed by atoms with van der Waals surface area (Å²) in [6.07, 6.45) is 2.03. The van der Waals surface area contributed by atoms with Crippen molar-refractivity contribution in [3.63, 3.8) is 0 Å². The highest BCUT2D eigenvalue weighted by atomic mass is 16.5. The van der Waals surface area contributed by atoms with Gasteiger partial charge in [0.1, 0.15) is 17.5 Å². The largest absolute Gasteiger partial charge is 0.467 e. The Hall–Kier alpha value is -2.87. The zero-order valence-electron chi connectivity index (χ0n) is 16.3. The minimum atomic E-state index is -0.243. The molecule has 0 bridgehead atoms. The summed E-state index contributed by atoms with van der Waals surface area (Å²) in [5.74, 6) is 0.740. The normalized spacial score (nSPS) is 17.4. The quantitative estimate of drug-likeness (QED) is 0.743. The van der Waals surface area contributed by atoms with Gasteiger partial charge in [0.15, 0.2) is 0 Å². The molecule has 0 radical (unpaired) electrons. The van der Waals surface area contributed by atoms with E-state index in [1.54, 1.807) is 15.8 Å². The molecule has 0 aliphatic carbocycles. The summed E-state index contributed by atoms with van der Waals surface area (Å²) in [6, 6.07) is 3.66. The molecule has 4 rings (SSSR count). The van der Waals surface area contributed by atoms with E-state index in [1.165, 1.54) is 0 Å². The molecule has 3 aromatic rings. The van der Waals surface area contributed by atoms with Crippen LogP contribution in [-0.4, -0.2) is 45.3 Å². The Bertz CT molecular complexity index is 1060. The monoisotopic (exact) mass is 384 g/mol. The lowest BCUT2D eigenvalue weighted by molar-refractivity contribution is -0.139. The van der Waals surface area contributed by atoms with Crippen LogP contribution in [0, 0.1) is 13.8 Å². The number of furan rings is 1. The number of hydrogen-bond donors (Lipinski definition) is 1. The van der Waals surface area contributed by atoms with Crippen LogP contribution < -0.4 is 5.56 Å². The van der Waals surface area contributed by atoms with E-state index in [-0.39, 0.29) is 24.0 Å². The van der Waals surface area contributed by atoms with E-state index in [0.717, 1.165) is 22.4 Å². The molecule has 4 heterocycles. The Kier molecular flexibility index (Phi) is 4.80. The highest BCUT2D eigenvalue weighted by molar-refractivity contribution is 5.83. The van der Waals surface area contributed by atoms with Gasteiger partial charge >= 0.3 is 0 Å². The minimum Gasteiger partial charge on any atom is -0.467 e. The van der Waals surface area contributed by atoms with Gasteiger partial charge in [-0.05, 0) is 38.0 Å². The molecular weight excluding hydrogens is 360 g/mol. The van der Waals surface area contributed by atoms with E-state index in [1.807, 2.05) is 33.0 Å². The van der Waals surface area contributed by atoms with Gasteiger partial charge in [0.05, 0.1) is 25.1 Å². The summed E-state index contributed by atoms with van der Waals surface area (Å²) < 4.78 is 12.8. The smallest absolute Gasteiger partial charge is 0.253 e. The second kappa shape index (κ2) is 7.27. The van der Waals surface area contributed by atoms with Crippen molar-refractivity contribution in [3.8, 4) is 0 Å². The molecule has 3 aromatic heterocycles. The zero-order chi connectivity index (χ0) is 19.8. The number of H-pyrrole nitrogens is 1. The van der Waals surface area contributed by atoms with Gasteiger partial charge in [-0.15, -0.1) is 0 Å². The average molecular weight is 384 g/mol. The summed E-state index contributed by atoms with van der Waals surface area (Å²) in [7, 11) is 1.81. The first-order valence-electron chi connectivity index (χ1n) is 9.43. The number of nitrogens with zero attached hydrogens (tertiary/aromatic N) is 3. The molecule has 1 fully saturated rings. The standard InChI is InChI=1S/C20H24N4O4/c1-12-14(20(26)21-19-18(12)13(2)22-23(19)3)6-7-17(25)24-8-10-28-16(11-24)15-5-4-9-27-15/h4-5,9,16H,6-8,10-11H2,1-3H3,(H,21,26)/t16-/m0/s1. The molecule has 148 valence electrons. The van der Waals surface area contributed by atoms with Crippen molar-refractivity contribution in [2.24, 2.45) is 7.05 Å². The van der Waals surface area contributed by atoms with E-state index < -0.39 is 0 Å². The van der Waals surface area contributed by atoms with Crippen molar-refractivity contribution < 1.29 is 13.9 Å². The number of aryl methyl sites for hydroxylation is 3. The number of aromatic amines is 1. The summed E-state index contributed by atoms with van der Waals surface area (Å²) in [5.41, 5.74) is 2.97. The van der Waals surface area contributed by atoms with Crippen molar-refractivity contribution in [2.75, 3.05) is 19.7 Å². The fraction of sp³-hybridized carbons (Fsp3) is 0.450. The van der Waals surface area contributed by atoms with Crippen LogP contribution in [0.2, 0.25) is 0 Å². The number of carbonyl (C=O) groups excluding carboxylic acids is 1. The average Bonchev–Trinajstić information content (AvgIpc) is 3.30. The van der Waals surface area contributed by atoms with Crippen LogP contribution in [0.1, 0.15) is 35.1 Å². The lowest BCUT2D eigenvalue weighted by Gasteiger charge is -2.32. The zero-order valence-corrected chi connectivity index (χ0v) is 16.3. The fourth-order valence-corrected chi connectivity index (χ4v) is 3.97. The topological polar surface area (TPSA) is 93.4 Å². The van der Waals surface area contributed by atoms with E-state index in [4.69, 9.17) is 9.15 Å². The third-order valence-electron chi connectivity index (χ3n) is 5.42. The van der Waals surface area contributed by atoms with Gasteiger partial charge < -0.3 is 19.0 Å². The number of ether oxygens (including phenoxy) is 1. The molecule has 1 N–H and O–H groups in total. The van der Waals surface area contributed by atoms with Gasteiger partial charge in [-0.1, -0.05) is 0 Å². The highest BCUT2D eigenvalue weighted by Crippen LogP contribution is 2.24. The first-order valence-corrected chi connectivity index (χ1v) is 9.43. The molecule has 0 saturated carbocycles. The van der Waals surface area contributed by atoms with Crippen LogP contribution in [0.5, 0.6) is 0 Å². The third-order valence-corrected chi connectivity index (χ3v) is 5.42. The Morgan fingerprint density at radius 3 is 2.96 bits per heavy atom. The maximum absolute atomic E-state index is 12.8. The van der Waals surface area contributed by atoms with Crippen molar-refractivity contribution in [3.05, 3.63) is 51.3 Å². The molecule has 8 heteroatoms. The number of nitrogens with one attached hydrogen (secondary N) is 1.